The van der Waals surface area contributed by atoms with Crippen LogP contribution < -0.4 is 5.32 Å². The zero-order chi connectivity index (χ0) is 18.0. The Morgan fingerprint density at radius 3 is 2.69 bits per heavy atom. The lowest BCUT2D eigenvalue weighted by Gasteiger charge is -2.39. The van der Waals surface area contributed by atoms with Gasteiger partial charge in [-0.3, -0.25) is 4.99 Å². The van der Waals surface area contributed by atoms with Crippen LogP contribution in [0.15, 0.2) is 35.3 Å². The van der Waals surface area contributed by atoms with E-state index in [0.29, 0.717) is 4.75 Å². The summed E-state index contributed by atoms with van der Waals surface area (Å²) >= 11 is 2.05. The van der Waals surface area contributed by atoms with E-state index >= 15 is 0 Å². The molecule has 0 aliphatic carbocycles. The Balaban J connectivity index is 0.00000338. The van der Waals surface area contributed by atoms with Gasteiger partial charge in [-0.15, -0.1) is 24.0 Å². The summed E-state index contributed by atoms with van der Waals surface area (Å²) in [6.45, 7) is 9.35. The minimum Gasteiger partial charge on any atom is -0.381 e. The Morgan fingerprint density at radius 2 is 2.00 bits per heavy atom. The number of nitrogens with one attached hydrogen (secondary N) is 1. The molecule has 26 heavy (non-hydrogen) atoms. The number of ether oxygens (including phenoxy) is 1. The normalized spacial score (nSPS) is 16.9. The monoisotopic (exact) mass is 491 g/mol. The van der Waals surface area contributed by atoms with Crippen LogP contribution in [0.25, 0.3) is 0 Å². The third-order valence-electron chi connectivity index (χ3n) is 4.31. The number of hydrogen-bond acceptors (Lipinski definition) is 3. The maximum Gasteiger partial charge on any atom is 0.193 e. The van der Waals surface area contributed by atoms with Gasteiger partial charge in [0, 0.05) is 43.8 Å². The van der Waals surface area contributed by atoms with Crippen molar-refractivity contribution in [2.45, 2.75) is 37.9 Å². The van der Waals surface area contributed by atoms with Gasteiger partial charge in [0.1, 0.15) is 0 Å². The Labute approximate surface area is 180 Å². The van der Waals surface area contributed by atoms with Gasteiger partial charge in [0.25, 0.3) is 0 Å². The van der Waals surface area contributed by atoms with Gasteiger partial charge < -0.3 is 15.0 Å². The van der Waals surface area contributed by atoms with E-state index in [4.69, 9.17) is 4.74 Å². The average Bonchev–Trinajstić information content (AvgIpc) is 2.60. The molecular weight excluding hydrogens is 457 g/mol. The average molecular weight is 491 g/mol. The molecule has 0 aromatic heterocycles. The smallest absolute Gasteiger partial charge is 0.193 e. The molecule has 6 heteroatoms. The molecule has 1 N–H and O–H groups in total. The van der Waals surface area contributed by atoms with Crippen LogP contribution in [0.4, 0.5) is 0 Å². The van der Waals surface area contributed by atoms with E-state index in [1.165, 1.54) is 11.3 Å². The highest BCUT2D eigenvalue weighted by molar-refractivity contribution is 14.0. The van der Waals surface area contributed by atoms with E-state index in [1.807, 2.05) is 18.8 Å². The molecular formula is C20H34IN3OS. The van der Waals surface area contributed by atoms with Gasteiger partial charge in [-0.1, -0.05) is 30.3 Å². The minimum absolute atomic E-state index is 0. The Hall–Kier alpha value is -0.470. The SMILES string of the molecule is CN=C(NCCCCOCCc1ccccc1)N1CCSC(C)(C)C1.I. The molecule has 0 amide bonds. The molecule has 0 bridgehead atoms. The Bertz CT molecular complexity index is 525. The van der Waals surface area contributed by atoms with E-state index < -0.39 is 0 Å². The molecule has 1 aliphatic rings. The predicted octanol–water partition coefficient (Wildman–Crippen LogP) is 4.05. The fourth-order valence-electron chi connectivity index (χ4n) is 3.00. The first-order valence-corrected chi connectivity index (χ1v) is 10.3. The quantitative estimate of drug-likeness (QED) is 0.258. The van der Waals surface area contributed by atoms with Crippen molar-refractivity contribution in [2.24, 2.45) is 4.99 Å². The maximum atomic E-state index is 5.74. The molecule has 4 nitrogen and oxygen atoms in total. The van der Waals surface area contributed by atoms with E-state index in [0.717, 1.165) is 58.1 Å². The molecule has 1 saturated heterocycles. The summed E-state index contributed by atoms with van der Waals surface area (Å²) in [5.74, 6) is 2.21. The van der Waals surface area contributed by atoms with Crippen LogP contribution in [0.1, 0.15) is 32.3 Å². The van der Waals surface area contributed by atoms with Crippen molar-refractivity contribution in [3.05, 3.63) is 35.9 Å². The molecule has 1 fully saturated rings. The van der Waals surface area contributed by atoms with Crippen LogP contribution in [-0.4, -0.2) is 61.3 Å². The summed E-state index contributed by atoms with van der Waals surface area (Å²) in [7, 11) is 1.88. The highest BCUT2D eigenvalue weighted by Gasteiger charge is 2.28. The first-order valence-electron chi connectivity index (χ1n) is 9.32. The van der Waals surface area contributed by atoms with Crippen LogP contribution in [0.5, 0.6) is 0 Å². The van der Waals surface area contributed by atoms with Crippen LogP contribution in [0, 0.1) is 0 Å². The number of hydrogen-bond donors (Lipinski definition) is 1. The minimum atomic E-state index is 0. The van der Waals surface area contributed by atoms with Crippen molar-refractivity contribution < 1.29 is 4.74 Å². The second kappa shape index (κ2) is 12.8. The van der Waals surface area contributed by atoms with Crippen molar-refractivity contribution in [2.75, 3.05) is 45.6 Å². The third kappa shape index (κ3) is 8.95. The highest BCUT2D eigenvalue weighted by atomic mass is 127. The van der Waals surface area contributed by atoms with Gasteiger partial charge in [0.05, 0.1) is 6.61 Å². The topological polar surface area (TPSA) is 36.9 Å². The van der Waals surface area contributed by atoms with Crippen molar-refractivity contribution in [3.8, 4) is 0 Å². The number of unbranched alkanes of at least 4 members (excludes halogenated alkanes) is 1. The molecule has 148 valence electrons. The van der Waals surface area contributed by atoms with Gasteiger partial charge in [0.15, 0.2) is 5.96 Å². The lowest BCUT2D eigenvalue weighted by molar-refractivity contribution is 0.133. The molecule has 0 radical (unpaired) electrons. The molecule has 0 spiro atoms. The number of rotatable bonds is 8. The second-order valence-corrected chi connectivity index (χ2v) is 8.86. The number of benzene rings is 1. The lowest BCUT2D eigenvalue weighted by Crippen LogP contribution is -2.51. The van der Waals surface area contributed by atoms with E-state index in [1.54, 1.807) is 0 Å². The second-order valence-electron chi connectivity index (χ2n) is 7.06. The molecule has 0 unspecified atom stereocenters. The standard InChI is InChI=1S/C20H33N3OS.HI/c1-20(2)17-23(13-16-25-20)19(21-3)22-12-7-8-14-24-15-11-18-9-5-4-6-10-18;/h4-6,9-10H,7-8,11-17H2,1-3H3,(H,21,22);1H. The first kappa shape index (κ1) is 23.6. The predicted molar refractivity (Wildman–Crippen MR) is 125 cm³/mol. The largest absolute Gasteiger partial charge is 0.381 e. The molecule has 2 rings (SSSR count). The van der Waals surface area contributed by atoms with Crippen LogP contribution in [0.3, 0.4) is 0 Å². The maximum absolute atomic E-state index is 5.74. The number of halogens is 1. The van der Waals surface area contributed by atoms with Crippen molar-refractivity contribution in [1.82, 2.24) is 10.2 Å². The summed E-state index contributed by atoms with van der Waals surface area (Å²) in [4.78, 5) is 6.83. The molecule has 1 aliphatic heterocycles. The fourth-order valence-corrected chi connectivity index (χ4v) is 4.11. The first-order chi connectivity index (χ1) is 12.1. The summed E-state index contributed by atoms with van der Waals surface area (Å²) in [6, 6.07) is 10.5. The molecule has 0 saturated carbocycles. The summed E-state index contributed by atoms with van der Waals surface area (Å²) in [6.07, 6.45) is 3.19. The zero-order valence-corrected chi connectivity index (χ0v) is 19.5. The van der Waals surface area contributed by atoms with Crippen molar-refractivity contribution in [3.63, 3.8) is 0 Å². The van der Waals surface area contributed by atoms with Gasteiger partial charge in [-0.25, -0.2) is 0 Å². The van der Waals surface area contributed by atoms with Gasteiger partial charge in [-0.2, -0.15) is 11.8 Å². The molecule has 1 heterocycles. The summed E-state index contributed by atoms with van der Waals surface area (Å²) in [5.41, 5.74) is 1.34. The lowest BCUT2D eigenvalue weighted by atomic mass is 10.2. The number of aliphatic imine (C=N–C) groups is 1. The van der Waals surface area contributed by atoms with E-state index in [2.05, 4.69) is 59.4 Å². The van der Waals surface area contributed by atoms with Gasteiger partial charge >= 0.3 is 0 Å². The Morgan fingerprint density at radius 1 is 1.23 bits per heavy atom. The van der Waals surface area contributed by atoms with E-state index in [-0.39, 0.29) is 24.0 Å². The van der Waals surface area contributed by atoms with Crippen LogP contribution in [-0.2, 0) is 11.2 Å². The highest BCUT2D eigenvalue weighted by Crippen LogP contribution is 2.29. The van der Waals surface area contributed by atoms with Gasteiger partial charge in [0.2, 0.25) is 0 Å². The molecule has 1 aromatic rings. The van der Waals surface area contributed by atoms with E-state index in [9.17, 15) is 0 Å². The molecule has 0 atom stereocenters. The Kier molecular flexibility index (Phi) is 11.6. The zero-order valence-electron chi connectivity index (χ0n) is 16.4. The van der Waals surface area contributed by atoms with Crippen LogP contribution in [0.2, 0.25) is 0 Å². The van der Waals surface area contributed by atoms with Crippen molar-refractivity contribution >= 4 is 41.7 Å². The number of guanidine groups is 1. The van der Waals surface area contributed by atoms with Gasteiger partial charge in [-0.05, 0) is 38.7 Å². The summed E-state index contributed by atoms with van der Waals surface area (Å²) < 4.78 is 6.05. The fraction of sp³-hybridized carbons (Fsp3) is 0.650. The van der Waals surface area contributed by atoms with Crippen LogP contribution >= 0.6 is 35.7 Å². The summed E-state index contributed by atoms with van der Waals surface area (Å²) in [5, 5.41) is 3.50. The number of nitrogens with zero attached hydrogens (tertiary/aromatic N) is 2. The third-order valence-corrected chi connectivity index (χ3v) is 5.61. The number of thioether (sulfide) groups is 1. The molecule has 1 aromatic carbocycles. The van der Waals surface area contributed by atoms with Crippen molar-refractivity contribution in [1.29, 1.82) is 0 Å².